The molecule has 25 heavy (non-hydrogen) atoms. The summed E-state index contributed by atoms with van der Waals surface area (Å²) >= 11 is 3.51. The Morgan fingerprint density at radius 3 is 2.72 bits per heavy atom. The SMILES string of the molecule is COCCC(Cc1cccc(Br)c1)C(=O)NC1CC2CCC(C1)N2.Cl. The lowest BCUT2D eigenvalue weighted by Crippen LogP contribution is -2.49. The smallest absolute Gasteiger partial charge is 0.223 e. The topological polar surface area (TPSA) is 50.4 Å². The summed E-state index contributed by atoms with van der Waals surface area (Å²) in [5, 5.41) is 6.94. The first-order valence-electron chi connectivity index (χ1n) is 8.94. The number of carbonyl (C=O) groups excluding carboxylic acids is 1. The van der Waals surface area contributed by atoms with E-state index in [0.717, 1.165) is 30.2 Å². The molecule has 2 aliphatic rings. The third kappa shape index (κ3) is 5.95. The molecule has 1 aromatic rings. The summed E-state index contributed by atoms with van der Waals surface area (Å²) in [5.74, 6) is 0.144. The summed E-state index contributed by atoms with van der Waals surface area (Å²) < 4.78 is 6.28. The summed E-state index contributed by atoms with van der Waals surface area (Å²) in [6, 6.07) is 9.73. The van der Waals surface area contributed by atoms with E-state index >= 15 is 0 Å². The van der Waals surface area contributed by atoms with Gasteiger partial charge in [-0.25, -0.2) is 0 Å². The Bertz CT molecular complexity index is 560. The van der Waals surface area contributed by atoms with Crippen molar-refractivity contribution < 1.29 is 9.53 Å². The van der Waals surface area contributed by atoms with Crippen molar-refractivity contribution in [2.75, 3.05) is 13.7 Å². The van der Waals surface area contributed by atoms with Crippen LogP contribution < -0.4 is 10.6 Å². The van der Waals surface area contributed by atoms with Crippen molar-refractivity contribution in [3.63, 3.8) is 0 Å². The van der Waals surface area contributed by atoms with Crippen LogP contribution in [0.1, 0.15) is 37.7 Å². The zero-order chi connectivity index (χ0) is 16.9. The van der Waals surface area contributed by atoms with Gasteiger partial charge in [-0.3, -0.25) is 4.79 Å². The van der Waals surface area contributed by atoms with E-state index < -0.39 is 0 Å². The Hall–Kier alpha value is -0.620. The first-order chi connectivity index (χ1) is 11.6. The largest absolute Gasteiger partial charge is 0.385 e. The molecule has 3 unspecified atom stereocenters. The summed E-state index contributed by atoms with van der Waals surface area (Å²) in [5.41, 5.74) is 1.19. The van der Waals surface area contributed by atoms with Crippen LogP contribution >= 0.6 is 28.3 Å². The second kappa shape index (κ2) is 9.91. The number of rotatable bonds is 7. The number of carbonyl (C=O) groups is 1. The molecule has 140 valence electrons. The zero-order valence-corrected chi connectivity index (χ0v) is 17.1. The number of benzene rings is 1. The monoisotopic (exact) mass is 430 g/mol. The predicted octanol–water partition coefficient (Wildman–Crippen LogP) is 3.47. The molecule has 0 spiro atoms. The molecule has 0 aromatic heterocycles. The number of fused-ring (bicyclic) bond motifs is 2. The van der Waals surface area contributed by atoms with Crippen LogP contribution in [0.15, 0.2) is 28.7 Å². The van der Waals surface area contributed by atoms with E-state index in [9.17, 15) is 4.79 Å². The molecule has 6 heteroatoms. The summed E-state index contributed by atoms with van der Waals surface area (Å²) in [6.45, 7) is 0.615. The third-order valence-electron chi connectivity index (χ3n) is 5.23. The van der Waals surface area contributed by atoms with Gasteiger partial charge >= 0.3 is 0 Å². The van der Waals surface area contributed by atoms with E-state index in [1.165, 1.54) is 18.4 Å². The van der Waals surface area contributed by atoms with Crippen LogP contribution in [0.25, 0.3) is 0 Å². The fraction of sp³-hybridized carbons (Fsp3) is 0.632. The number of nitrogens with one attached hydrogen (secondary N) is 2. The highest BCUT2D eigenvalue weighted by Crippen LogP contribution is 2.27. The van der Waals surface area contributed by atoms with Crippen LogP contribution in [0.2, 0.25) is 0 Å². The van der Waals surface area contributed by atoms with Gasteiger partial charge in [0.15, 0.2) is 0 Å². The second-order valence-corrected chi connectivity index (χ2v) is 8.04. The third-order valence-corrected chi connectivity index (χ3v) is 5.73. The van der Waals surface area contributed by atoms with Gasteiger partial charge in [0.05, 0.1) is 0 Å². The lowest BCUT2D eigenvalue weighted by atomic mass is 9.93. The molecule has 1 amide bonds. The van der Waals surface area contributed by atoms with Crippen LogP contribution in [0.5, 0.6) is 0 Å². The maximum absolute atomic E-state index is 12.8. The molecule has 0 saturated carbocycles. The standard InChI is InChI=1S/C19H27BrN2O2.ClH/c1-24-8-7-14(9-13-3-2-4-15(20)10-13)19(23)22-18-11-16-5-6-17(12-18)21-16;/h2-4,10,14,16-18,21H,5-9,11-12H2,1H3,(H,22,23);1H. The van der Waals surface area contributed by atoms with Gasteiger partial charge in [-0.15, -0.1) is 12.4 Å². The van der Waals surface area contributed by atoms with E-state index in [2.05, 4.69) is 38.7 Å². The van der Waals surface area contributed by atoms with Crippen molar-refractivity contribution in [2.24, 2.45) is 5.92 Å². The molecular formula is C19H28BrClN2O2. The Morgan fingerprint density at radius 1 is 1.36 bits per heavy atom. The Labute approximate surface area is 165 Å². The Kier molecular flexibility index (Phi) is 8.20. The van der Waals surface area contributed by atoms with E-state index in [-0.39, 0.29) is 24.2 Å². The molecule has 2 N–H and O–H groups in total. The number of hydrogen-bond donors (Lipinski definition) is 2. The highest BCUT2D eigenvalue weighted by molar-refractivity contribution is 9.10. The highest BCUT2D eigenvalue weighted by atomic mass is 79.9. The van der Waals surface area contributed by atoms with Gasteiger partial charge in [0.2, 0.25) is 5.91 Å². The lowest BCUT2D eigenvalue weighted by molar-refractivity contribution is -0.126. The zero-order valence-electron chi connectivity index (χ0n) is 14.7. The first kappa shape index (κ1) is 20.7. The molecule has 3 rings (SSSR count). The number of piperidine rings is 1. The number of hydrogen-bond acceptors (Lipinski definition) is 3. The van der Waals surface area contributed by atoms with Crippen molar-refractivity contribution in [2.45, 2.75) is 56.7 Å². The summed E-state index contributed by atoms with van der Waals surface area (Å²) in [4.78, 5) is 12.8. The maximum Gasteiger partial charge on any atom is 0.223 e. The number of halogens is 2. The van der Waals surface area contributed by atoms with Crippen LogP contribution in [-0.4, -0.2) is 37.7 Å². The minimum atomic E-state index is -0.0354. The normalized spacial score (nSPS) is 25.9. The molecule has 2 aliphatic heterocycles. The quantitative estimate of drug-likeness (QED) is 0.695. The molecule has 0 radical (unpaired) electrons. The van der Waals surface area contributed by atoms with Gasteiger partial charge < -0.3 is 15.4 Å². The maximum atomic E-state index is 12.8. The molecule has 0 aliphatic carbocycles. The molecule has 2 fully saturated rings. The fourth-order valence-electron chi connectivity index (χ4n) is 4.03. The van der Waals surface area contributed by atoms with Crippen LogP contribution in [0, 0.1) is 5.92 Å². The molecule has 2 saturated heterocycles. The van der Waals surface area contributed by atoms with Crippen molar-refractivity contribution in [1.29, 1.82) is 0 Å². The minimum Gasteiger partial charge on any atom is -0.385 e. The van der Waals surface area contributed by atoms with Gasteiger partial charge in [-0.2, -0.15) is 0 Å². The number of ether oxygens (including phenoxy) is 1. The number of methoxy groups -OCH3 is 1. The highest BCUT2D eigenvalue weighted by Gasteiger charge is 2.34. The fourth-order valence-corrected chi connectivity index (χ4v) is 4.48. The second-order valence-electron chi connectivity index (χ2n) is 7.13. The van der Waals surface area contributed by atoms with E-state index in [4.69, 9.17) is 4.74 Å². The molecule has 4 nitrogen and oxygen atoms in total. The van der Waals surface area contributed by atoms with Crippen molar-refractivity contribution in [3.8, 4) is 0 Å². The molecule has 1 aromatic carbocycles. The van der Waals surface area contributed by atoms with E-state index in [1.807, 2.05) is 12.1 Å². The Morgan fingerprint density at radius 2 is 2.08 bits per heavy atom. The van der Waals surface area contributed by atoms with Gasteiger partial charge in [0.1, 0.15) is 0 Å². The Balaban J connectivity index is 0.00000225. The van der Waals surface area contributed by atoms with Gasteiger partial charge in [0, 0.05) is 42.2 Å². The molecular weight excluding hydrogens is 404 g/mol. The summed E-state index contributed by atoms with van der Waals surface area (Å²) in [6.07, 6.45) is 6.15. The van der Waals surface area contributed by atoms with Crippen LogP contribution in [0.3, 0.4) is 0 Å². The van der Waals surface area contributed by atoms with Gasteiger partial charge in [-0.05, 0) is 56.2 Å². The minimum absolute atomic E-state index is 0. The lowest BCUT2D eigenvalue weighted by Gasteiger charge is -2.31. The molecule has 2 heterocycles. The van der Waals surface area contributed by atoms with Crippen molar-refractivity contribution in [3.05, 3.63) is 34.3 Å². The van der Waals surface area contributed by atoms with Crippen molar-refractivity contribution in [1.82, 2.24) is 10.6 Å². The summed E-state index contributed by atoms with van der Waals surface area (Å²) in [7, 11) is 1.69. The van der Waals surface area contributed by atoms with Crippen molar-refractivity contribution >= 4 is 34.2 Å². The average molecular weight is 432 g/mol. The van der Waals surface area contributed by atoms with Crippen LogP contribution in [-0.2, 0) is 16.0 Å². The average Bonchev–Trinajstić information content (AvgIpc) is 2.90. The first-order valence-corrected chi connectivity index (χ1v) is 9.73. The van der Waals surface area contributed by atoms with Gasteiger partial charge in [-0.1, -0.05) is 28.1 Å². The molecule has 3 atom stereocenters. The van der Waals surface area contributed by atoms with Gasteiger partial charge in [0.25, 0.3) is 0 Å². The molecule has 2 bridgehead atoms. The van der Waals surface area contributed by atoms with E-state index in [0.29, 0.717) is 24.7 Å². The van der Waals surface area contributed by atoms with E-state index in [1.54, 1.807) is 7.11 Å². The predicted molar refractivity (Wildman–Crippen MR) is 106 cm³/mol. The van der Waals surface area contributed by atoms with Crippen LogP contribution in [0.4, 0.5) is 0 Å². The number of amides is 1.